The molecule has 2 heterocycles. The first-order valence-corrected chi connectivity index (χ1v) is 7.29. The molecule has 22 heavy (non-hydrogen) atoms. The van der Waals surface area contributed by atoms with Crippen LogP contribution < -0.4 is 4.74 Å². The Morgan fingerprint density at radius 2 is 2.14 bits per heavy atom. The van der Waals surface area contributed by atoms with Crippen molar-refractivity contribution in [3.05, 3.63) is 48.5 Å². The zero-order valence-electron chi connectivity index (χ0n) is 12.4. The second-order valence-electron chi connectivity index (χ2n) is 5.44. The van der Waals surface area contributed by atoms with Gasteiger partial charge in [0.25, 0.3) is 0 Å². The standard InChI is InChI=1S/C16H19N3O3/c1-12-17-7-8-18(12)11-16(21)19-9-14(20)15(10-19)22-13-5-3-2-4-6-13/h2-8,14-15,20H,9-11H2,1H3/t14-,15-/m1/s1. The van der Waals surface area contributed by atoms with Crippen molar-refractivity contribution in [2.75, 3.05) is 13.1 Å². The molecule has 0 aliphatic carbocycles. The normalized spacial score (nSPS) is 21.1. The van der Waals surface area contributed by atoms with E-state index in [2.05, 4.69) is 4.98 Å². The van der Waals surface area contributed by atoms with Crippen LogP contribution in [0.2, 0.25) is 0 Å². The summed E-state index contributed by atoms with van der Waals surface area (Å²) in [7, 11) is 0. The summed E-state index contributed by atoms with van der Waals surface area (Å²) in [6.07, 6.45) is 2.38. The highest BCUT2D eigenvalue weighted by Gasteiger charge is 2.35. The van der Waals surface area contributed by atoms with Crippen LogP contribution in [0.15, 0.2) is 42.7 Å². The molecule has 0 spiro atoms. The summed E-state index contributed by atoms with van der Waals surface area (Å²) in [4.78, 5) is 18.1. The summed E-state index contributed by atoms with van der Waals surface area (Å²) in [5.41, 5.74) is 0. The van der Waals surface area contributed by atoms with Crippen molar-refractivity contribution in [1.29, 1.82) is 0 Å². The van der Waals surface area contributed by atoms with Gasteiger partial charge in [0.1, 0.15) is 30.3 Å². The molecule has 1 aromatic carbocycles. The van der Waals surface area contributed by atoms with E-state index in [-0.39, 0.29) is 12.5 Å². The SMILES string of the molecule is Cc1nccn1CC(=O)N1C[C@@H](O)[C@H](Oc2ccccc2)C1. The van der Waals surface area contributed by atoms with E-state index in [1.54, 1.807) is 21.9 Å². The molecule has 3 rings (SSSR count). The van der Waals surface area contributed by atoms with Gasteiger partial charge >= 0.3 is 0 Å². The van der Waals surface area contributed by atoms with Crippen LogP contribution in [0.1, 0.15) is 5.82 Å². The molecule has 1 fully saturated rings. The number of hydrogen-bond donors (Lipinski definition) is 1. The van der Waals surface area contributed by atoms with Crippen LogP contribution in [0.3, 0.4) is 0 Å². The van der Waals surface area contributed by atoms with Crippen molar-refractivity contribution in [2.24, 2.45) is 0 Å². The number of ether oxygens (including phenoxy) is 1. The minimum Gasteiger partial charge on any atom is -0.486 e. The van der Waals surface area contributed by atoms with E-state index in [0.717, 1.165) is 5.82 Å². The topological polar surface area (TPSA) is 67.6 Å². The van der Waals surface area contributed by atoms with E-state index in [9.17, 15) is 9.90 Å². The Hall–Kier alpha value is -2.34. The monoisotopic (exact) mass is 301 g/mol. The first kappa shape index (κ1) is 14.6. The van der Waals surface area contributed by atoms with Gasteiger partial charge in [-0.25, -0.2) is 4.98 Å². The average molecular weight is 301 g/mol. The molecule has 0 radical (unpaired) electrons. The number of aromatic nitrogens is 2. The number of aliphatic hydroxyl groups excluding tert-OH is 1. The van der Waals surface area contributed by atoms with E-state index >= 15 is 0 Å². The summed E-state index contributed by atoms with van der Waals surface area (Å²) >= 11 is 0. The highest BCUT2D eigenvalue weighted by atomic mass is 16.5. The number of carbonyl (C=O) groups excluding carboxylic acids is 1. The maximum Gasteiger partial charge on any atom is 0.242 e. The molecule has 1 saturated heterocycles. The molecule has 0 unspecified atom stereocenters. The van der Waals surface area contributed by atoms with Crippen LogP contribution in [0.25, 0.3) is 0 Å². The van der Waals surface area contributed by atoms with E-state index in [0.29, 0.717) is 18.8 Å². The van der Waals surface area contributed by atoms with Gasteiger partial charge < -0.3 is 19.3 Å². The van der Waals surface area contributed by atoms with Crippen LogP contribution in [0, 0.1) is 6.92 Å². The van der Waals surface area contributed by atoms with Gasteiger partial charge in [0.2, 0.25) is 5.91 Å². The van der Waals surface area contributed by atoms with Crippen molar-refractivity contribution >= 4 is 5.91 Å². The summed E-state index contributed by atoms with van der Waals surface area (Å²) in [6.45, 7) is 2.77. The molecular weight excluding hydrogens is 282 g/mol. The molecule has 1 aliphatic heterocycles. The van der Waals surface area contributed by atoms with Gasteiger partial charge in [-0.2, -0.15) is 0 Å². The Bertz CT molecular complexity index is 641. The summed E-state index contributed by atoms with van der Waals surface area (Å²) in [5.74, 6) is 1.45. The third-order valence-corrected chi connectivity index (χ3v) is 3.85. The highest BCUT2D eigenvalue weighted by Crippen LogP contribution is 2.19. The molecule has 116 valence electrons. The maximum absolute atomic E-state index is 12.3. The molecule has 2 atom stereocenters. The Kier molecular flexibility index (Phi) is 4.11. The van der Waals surface area contributed by atoms with Crippen molar-refractivity contribution < 1.29 is 14.6 Å². The fourth-order valence-corrected chi connectivity index (χ4v) is 2.57. The van der Waals surface area contributed by atoms with Crippen LogP contribution in [-0.4, -0.2) is 50.8 Å². The molecule has 0 bridgehead atoms. The molecule has 2 aromatic rings. The number of nitrogens with zero attached hydrogens (tertiary/aromatic N) is 3. The predicted octanol–water partition coefficient (Wildman–Crippen LogP) is 0.842. The fraction of sp³-hybridized carbons (Fsp3) is 0.375. The van der Waals surface area contributed by atoms with E-state index < -0.39 is 12.2 Å². The first-order chi connectivity index (χ1) is 10.6. The third-order valence-electron chi connectivity index (χ3n) is 3.85. The fourth-order valence-electron chi connectivity index (χ4n) is 2.57. The third kappa shape index (κ3) is 3.12. The smallest absolute Gasteiger partial charge is 0.242 e. The van der Waals surface area contributed by atoms with Gasteiger partial charge in [-0.1, -0.05) is 18.2 Å². The molecule has 1 N–H and O–H groups in total. The van der Waals surface area contributed by atoms with Gasteiger partial charge in [-0.05, 0) is 19.1 Å². The lowest BCUT2D eigenvalue weighted by Crippen LogP contribution is -2.33. The Balaban J connectivity index is 1.60. The molecule has 1 aromatic heterocycles. The van der Waals surface area contributed by atoms with Crippen LogP contribution in [0.5, 0.6) is 5.75 Å². The number of β-amino-alcohol motifs (C(OH)–C–C–N with tert-alkyl or cyclic N) is 1. The number of carbonyl (C=O) groups is 1. The Labute approximate surface area is 129 Å². The molecular formula is C16H19N3O3. The van der Waals surface area contributed by atoms with Crippen LogP contribution >= 0.6 is 0 Å². The molecule has 1 amide bonds. The highest BCUT2D eigenvalue weighted by molar-refractivity contribution is 5.76. The Morgan fingerprint density at radius 1 is 1.36 bits per heavy atom. The number of aliphatic hydroxyl groups is 1. The van der Waals surface area contributed by atoms with Gasteiger partial charge in [0.15, 0.2) is 0 Å². The number of likely N-dealkylation sites (tertiary alicyclic amines) is 1. The second kappa shape index (κ2) is 6.19. The van der Waals surface area contributed by atoms with Crippen LogP contribution in [-0.2, 0) is 11.3 Å². The lowest BCUT2D eigenvalue weighted by molar-refractivity contribution is -0.131. The van der Waals surface area contributed by atoms with E-state index in [1.165, 1.54) is 0 Å². The van der Waals surface area contributed by atoms with Gasteiger partial charge in [0, 0.05) is 12.4 Å². The maximum atomic E-state index is 12.3. The largest absolute Gasteiger partial charge is 0.486 e. The van der Waals surface area contributed by atoms with Gasteiger partial charge in [-0.15, -0.1) is 0 Å². The number of hydrogen-bond acceptors (Lipinski definition) is 4. The number of para-hydroxylation sites is 1. The minimum absolute atomic E-state index is 0.0423. The molecule has 0 saturated carbocycles. The van der Waals surface area contributed by atoms with E-state index in [4.69, 9.17) is 4.74 Å². The van der Waals surface area contributed by atoms with E-state index in [1.807, 2.05) is 37.3 Å². The van der Waals surface area contributed by atoms with Crippen LogP contribution in [0.4, 0.5) is 0 Å². The number of amides is 1. The number of benzene rings is 1. The lowest BCUT2D eigenvalue weighted by atomic mass is 10.2. The van der Waals surface area contributed by atoms with Crippen molar-refractivity contribution in [3.8, 4) is 5.75 Å². The molecule has 6 heteroatoms. The number of rotatable bonds is 4. The second-order valence-corrected chi connectivity index (χ2v) is 5.44. The minimum atomic E-state index is -0.673. The number of imidazole rings is 1. The first-order valence-electron chi connectivity index (χ1n) is 7.29. The Morgan fingerprint density at radius 3 is 2.82 bits per heavy atom. The summed E-state index contributed by atoms with van der Waals surface area (Å²) in [5, 5.41) is 10.1. The summed E-state index contributed by atoms with van der Waals surface area (Å²) in [6, 6.07) is 9.34. The summed E-state index contributed by atoms with van der Waals surface area (Å²) < 4.78 is 7.56. The molecule has 1 aliphatic rings. The van der Waals surface area contributed by atoms with Crippen molar-refractivity contribution in [3.63, 3.8) is 0 Å². The zero-order valence-corrected chi connectivity index (χ0v) is 12.4. The molecule has 6 nitrogen and oxygen atoms in total. The van der Waals surface area contributed by atoms with Crippen molar-refractivity contribution in [2.45, 2.75) is 25.7 Å². The quantitative estimate of drug-likeness (QED) is 0.909. The van der Waals surface area contributed by atoms with Crippen molar-refractivity contribution in [1.82, 2.24) is 14.5 Å². The average Bonchev–Trinajstić information content (AvgIpc) is 3.07. The zero-order chi connectivity index (χ0) is 15.5. The van der Waals surface area contributed by atoms with Gasteiger partial charge in [-0.3, -0.25) is 4.79 Å². The predicted molar refractivity (Wildman–Crippen MR) is 80.4 cm³/mol. The van der Waals surface area contributed by atoms with Gasteiger partial charge in [0.05, 0.1) is 13.1 Å². The lowest BCUT2D eigenvalue weighted by Gasteiger charge is -2.17. The number of aryl methyl sites for hydroxylation is 1.